The van der Waals surface area contributed by atoms with Gasteiger partial charge >= 0.3 is 0 Å². The molecule has 0 saturated carbocycles. The van der Waals surface area contributed by atoms with Crippen molar-refractivity contribution in [2.75, 3.05) is 24.2 Å². The summed E-state index contributed by atoms with van der Waals surface area (Å²) >= 11 is 6.07. The number of hydrogen-bond donors (Lipinski definition) is 1. The average molecular weight is 564 g/mol. The predicted octanol–water partition coefficient (Wildman–Crippen LogP) is 4.65. The Hall–Kier alpha value is -3.88. The summed E-state index contributed by atoms with van der Waals surface area (Å²) in [6, 6.07) is 28.2. The third kappa shape index (κ3) is 6.96. The highest BCUT2D eigenvalue weighted by atomic mass is 35.5. The van der Waals surface area contributed by atoms with Crippen LogP contribution in [-0.2, 0) is 32.6 Å². The summed E-state index contributed by atoms with van der Waals surface area (Å²) < 4.78 is 27.2. The van der Waals surface area contributed by atoms with Crippen LogP contribution in [0, 0.1) is 0 Å². The molecule has 202 valence electrons. The number of hydrogen-bond acceptors (Lipinski definition) is 4. The van der Waals surface area contributed by atoms with Crippen LogP contribution in [0.3, 0.4) is 0 Å². The summed E-state index contributed by atoms with van der Waals surface area (Å²) in [6.07, 6.45) is 1.33. The number of carbonyl (C=O) groups excluding carboxylic acids is 2. The Morgan fingerprint density at radius 2 is 1.49 bits per heavy atom. The number of nitrogens with one attached hydrogen (secondary N) is 1. The fraction of sp³-hybridized carbons (Fsp3) is 0.200. The lowest BCUT2D eigenvalue weighted by atomic mass is 10.0. The number of rotatable bonds is 10. The lowest BCUT2D eigenvalue weighted by molar-refractivity contribution is -0.139. The van der Waals surface area contributed by atoms with E-state index in [9.17, 15) is 18.0 Å². The number of sulfonamides is 1. The van der Waals surface area contributed by atoms with Crippen molar-refractivity contribution in [3.8, 4) is 0 Å². The van der Waals surface area contributed by atoms with E-state index in [0.717, 1.165) is 27.1 Å². The van der Waals surface area contributed by atoms with Gasteiger partial charge in [-0.1, -0.05) is 90.5 Å². The molecule has 0 aliphatic carbocycles. The van der Waals surface area contributed by atoms with Crippen molar-refractivity contribution in [1.29, 1.82) is 0 Å². The third-order valence-corrected chi connectivity index (χ3v) is 7.88. The van der Waals surface area contributed by atoms with Crippen molar-refractivity contribution < 1.29 is 18.0 Å². The van der Waals surface area contributed by atoms with Crippen molar-refractivity contribution >= 4 is 49.9 Å². The maximum absolute atomic E-state index is 14.0. The van der Waals surface area contributed by atoms with Gasteiger partial charge in [-0.3, -0.25) is 13.9 Å². The summed E-state index contributed by atoms with van der Waals surface area (Å²) in [5.41, 5.74) is 2.02. The minimum absolute atomic E-state index is 0.0913. The monoisotopic (exact) mass is 563 g/mol. The highest BCUT2D eigenvalue weighted by Crippen LogP contribution is 2.29. The Labute approximate surface area is 234 Å². The van der Waals surface area contributed by atoms with Crippen LogP contribution >= 0.6 is 11.6 Å². The summed E-state index contributed by atoms with van der Waals surface area (Å²) in [6.45, 7) is -0.378. The van der Waals surface area contributed by atoms with E-state index < -0.39 is 28.5 Å². The Bertz CT molecular complexity index is 1560. The zero-order valence-corrected chi connectivity index (χ0v) is 23.3. The highest BCUT2D eigenvalue weighted by molar-refractivity contribution is 7.92. The van der Waals surface area contributed by atoms with Crippen LogP contribution in [0.2, 0.25) is 5.02 Å². The van der Waals surface area contributed by atoms with Crippen molar-refractivity contribution in [1.82, 2.24) is 10.2 Å². The molecule has 0 aliphatic heterocycles. The molecule has 4 aromatic rings. The Kier molecular flexibility index (Phi) is 8.89. The van der Waals surface area contributed by atoms with Gasteiger partial charge in [0.15, 0.2) is 0 Å². The molecule has 0 unspecified atom stereocenters. The quantitative estimate of drug-likeness (QED) is 0.304. The minimum Gasteiger partial charge on any atom is -0.357 e. The molecule has 0 spiro atoms. The number of nitrogens with zero attached hydrogens (tertiary/aromatic N) is 2. The highest BCUT2D eigenvalue weighted by Gasteiger charge is 2.33. The molecular formula is C30H30ClN3O4S. The molecule has 1 atom stereocenters. The van der Waals surface area contributed by atoms with Crippen LogP contribution in [0.15, 0.2) is 97.1 Å². The second kappa shape index (κ2) is 12.3. The van der Waals surface area contributed by atoms with Gasteiger partial charge in [0.1, 0.15) is 12.6 Å². The zero-order chi connectivity index (χ0) is 28.0. The van der Waals surface area contributed by atoms with Crippen molar-refractivity contribution in [3.63, 3.8) is 0 Å². The van der Waals surface area contributed by atoms with Crippen LogP contribution in [0.25, 0.3) is 10.8 Å². The molecule has 0 radical (unpaired) electrons. The van der Waals surface area contributed by atoms with Crippen molar-refractivity contribution in [2.24, 2.45) is 0 Å². The van der Waals surface area contributed by atoms with E-state index in [4.69, 9.17) is 11.6 Å². The Balaban J connectivity index is 1.76. The van der Waals surface area contributed by atoms with Crippen LogP contribution in [0.1, 0.15) is 11.1 Å². The normalized spacial score (nSPS) is 12.1. The SMILES string of the molecule is CNC(=O)[C@@H](Cc1ccccc1)N(Cc1ccc(Cl)cc1)C(=O)CN(c1cccc2ccccc12)S(C)(=O)=O. The molecule has 39 heavy (non-hydrogen) atoms. The molecule has 0 heterocycles. The van der Waals surface area contributed by atoms with Crippen LogP contribution < -0.4 is 9.62 Å². The standard InChI is InChI=1S/C30H30ClN3O4S/c1-32-30(36)28(19-22-9-4-3-5-10-22)33(20-23-15-17-25(31)18-16-23)29(35)21-34(39(2,37)38)27-14-8-12-24-11-6-7-13-26(24)27/h3-18,28H,19-21H2,1-2H3,(H,32,36)/t28-/m1/s1. The largest absolute Gasteiger partial charge is 0.357 e. The van der Waals surface area contributed by atoms with Gasteiger partial charge in [-0.05, 0) is 34.7 Å². The smallest absolute Gasteiger partial charge is 0.244 e. The number of carbonyl (C=O) groups is 2. The van der Waals surface area contributed by atoms with E-state index in [2.05, 4.69) is 5.32 Å². The molecule has 2 amide bonds. The first-order valence-corrected chi connectivity index (χ1v) is 14.6. The summed E-state index contributed by atoms with van der Waals surface area (Å²) in [4.78, 5) is 28.7. The predicted molar refractivity (Wildman–Crippen MR) is 156 cm³/mol. The van der Waals surface area contributed by atoms with Gasteiger partial charge in [0.2, 0.25) is 21.8 Å². The Morgan fingerprint density at radius 3 is 2.15 bits per heavy atom. The van der Waals surface area contributed by atoms with Gasteiger partial charge in [-0.2, -0.15) is 0 Å². The number of amides is 2. The topological polar surface area (TPSA) is 86.8 Å². The van der Waals surface area contributed by atoms with Crippen LogP contribution in [0.4, 0.5) is 5.69 Å². The van der Waals surface area contributed by atoms with Gasteiger partial charge in [-0.15, -0.1) is 0 Å². The fourth-order valence-electron chi connectivity index (χ4n) is 4.53. The van der Waals surface area contributed by atoms with Gasteiger partial charge < -0.3 is 10.2 Å². The summed E-state index contributed by atoms with van der Waals surface area (Å²) in [7, 11) is -2.34. The molecule has 9 heteroatoms. The molecule has 0 fully saturated rings. The maximum atomic E-state index is 14.0. The zero-order valence-electron chi connectivity index (χ0n) is 21.7. The average Bonchev–Trinajstić information content (AvgIpc) is 2.93. The van der Waals surface area contributed by atoms with Gasteiger partial charge in [0.05, 0.1) is 11.9 Å². The van der Waals surface area contributed by atoms with E-state index in [1.54, 1.807) is 36.4 Å². The molecule has 4 aromatic carbocycles. The molecular weight excluding hydrogens is 534 g/mol. The number of fused-ring (bicyclic) bond motifs is 1. The molecule has 1 N–H and O–H groups in total. The first-order chi connectivity index (χ1) is 18.7. The molecule has 4 rings (SSSR count). The van der Waals surface area contributed by atoms with Crippen molar-refractivity contribution in [2.45, 2.75) is 19.0 Å². The van der Waals surface area contributed by atoms with Gasteiger partial charge in [0.25, 0.3) is 0 Å². The first-order valence-electron chi connectivity index (χ1n) is 12.4. The summed E-state index contributed by atoms with van der Waals surface area (Å²) in [5.74, 6) is -0.856. The fourth-order valence-corrected chi connectivity index (χ4v) is 5.52. The third-order valence-electron chi connectivity index (χ3n) is 6.50. The van der Waals surface area contributed by atoms with E-state index in [1.807, 2.05) is 60.7 Å². The molecule has 7 nitrogen and oxygen atoms in total. The lowest BCUT2D eigenvalue weighted by Crippen LogP contribution is -2.52. The number of anilines is 1. The maximum Gasteiger partial charge on any atom is 0.244 e. The first kappa shape index (κ1) is 28.1. The molecule has 0 bridgehead atoms. The van der Waals surface area contributed by atoms with Crippen molar-refractivity contribution in [3.05, 3.63) is 113 Å². The second-order valence-corrected chi connectivity index (χ2v) is 11.6. The minimum atomic E-state index is -3.86. The number of halogens is 1. The second-order valence-electron chi connectivity index (χ2n) is 9.24. The van der Waals surface area contributed by atoms with Crippen LogP contribution in [-0.4, -0.2) is 51.0 Å². The van der Waals surface area contributed by atoms with E-state index in [-0.39, 0.29) is 18.9 Å². The molecule has 0 aliphatic rings. The molecule has 0 saturated heterocycles. The van der Waals surface area contributed by atoms with E-state index in [1.165, 1.54) is 11.9 Å². The van der Waals surface area contributed by atoms with Gasteiger partial charge in [0, 0.05) is 30.4 Å². The lowest BCUT2D eigenvalue weighted by Gasteiger charge is -2.33. The van der Waals surface area contributed by atoms with Gasteiger partial charge in [-0.25, -0.2) is 8.42 Å². The number of likely N-dealkylation sites (N-methyl/N-ethyl adjacent to an activating group) is 1. The van der Waals surface area contributed by atoms with Crippen LogP contribution in [0.5, 0.6) is 0 Å². The Morgan fingerprint density at radius 1 is 0.846 bits per heavy atom. The number of benzene rings is 4. The van der Waals surface area contributed by atoms with E-state index in [0.29, 0.717) is 16.1 Å². The molecule has 0 aromatic heterocycles. The summed E-state index contributed by atoms with van der Waals surface area (Å²) in [5, 5.41) is 4.77. The van der Waals surface area contributed by atoms with E-state index >= 15 is 0 Å².